The monoisotopic (exact) mass is 452 g/mol. The fourth-order valence-electron chi connectivity index (χ4n) is 4.69. The Morgan fingerprint density at radius 1 is 1.22 bits per heavy atom. The number of hydrogen-bond acceptors (Lipinski definition) is 4. The molecule has 0 bridgehead atoms. The summed E-state index contributed by atoms with van der Waals surface area (Å²) in [4.78, 5) is 30.9. The van der Waals surface area contributed by atoms with Gasteiger partial charge in [0.1, 0.15) is 11.9 Å². The molecule has 7 heteroatoms. The van der Waals surface area contributed by atoms with Gasteiger partial charge >= 0.3 is 0 Å². The maximum Gasteiger partial charge on any atom is 0.252 e. The Labute approximate surface area is 193 Å². The predicted molar refractivity (Wildman–Crippen MR) is 129 cm³/mol. The molecule has 1 atom stereocenters. The quantitative estimate of drug-likeness (QED) is 0.513. The minimum absolute atomic E-state index is 0.251. The van der Waals surface area contributed by atoms with Gasteiger partial charge in [-0.25, -0.2) is 4.98 Å². The first-order valence-electron chi connectivity index (χ1n) is 11.6. The second kappa shape index (κ2) is 9.86. The van der Waals surface area contributed by atoms with Crippen LogP contribution in [0.3, 0.4) is 0 Å². The zero-order valence-electron chi connectivity index (χ0n) is 18.8. The van der Waals surface area contributed by atoms with Crippen LogP contribution in [-0.4, -0.2) is 27.4 Å². The molecular weight excluding hydrogens is 420 g/mol. The molecule has 6 nitrogen and oxygen atoms in total. The smallest absolute Gasteiger partial charge is 0.252 e. The van der Waals surface area contributed by atoms with Crippen LogP contribution >= 0.6 is 11.3 Å². The number of aromatic nitrogens is 2. The predicted octanol–water partition coefficient (Wildman–Crippen LogP) is 4.82. The van der Waals surface area contributed by atoms with E-state index in [2.05, 4.69) is 27.4 Å². The Kier molecular flexibility index (Phi) is 6.94. The average molecular weight is 453 g/mol. The number of benzene rings is 1. The Balaban J connectivity index is 1.66. The van der Waals surface area contributed by atoms with Crippen molar-refractivity contribution in [1.29, 1.82) is 0 Å². The number of hydrogen-bond donors (Lipinski definition) is 2. The van der Waals surface area contributed by atoms with Crippen molar-refractivity contribution in [3.8, 4) is 0 Å². The molecule has 2 heterocycles. The van der Waals surface area contributed by atoms with Crippen LogP contribution in [0.1, 0.15) is 79.5 Å². The Morgan fingerprint density at radius 2 is 2.00 bits per heavy atom. The lowest BCUT2D eigenvalue weighted by atomic mass is 9.95. The van der Waals surface area contributed by atoms with Crippen molar-refractivity contribution in [2.45, 2.75) is 70.9 Å². The SMILES string of the molecule is CC(C)C[C@H](NC(=O)c1ccc2c(c1)nc(Cc1cccs1)n2C1CCCCC1)C(N)=O. The van der Waals surface area contributed by atoms with E-state index in [0.717, 1.165) is 23.3 Å². The van der Waals surface area contributed by atoms with E-state index >= 15 is 0 Å². The number of imidazole rings is 1. The average Bonchev–Trinajstić information content (AvgIpc) is 3.40. The zero-order valence-corrected chi connectivity index (χ0v) is 19.7. The fourth-order valence-corrected chi connectivity index (χ4v) is 5.39. The molecule has 0 saturated heterocycles. The Bertz CT molecular complexity index is 1080. The number of carbonyl (C=O) groups is 2. The summed E-state index contributed by atoms with van der Waals surface area (Å²) in [6.07, 6.45) is 7.43. The molecule has 3 N–H and O–H groups in total. The van der Waals surface area contributed by atoms with Crippen LogP contribution in [0.2, 0.25) is 0 Å². The molecule has 0 spiro atoms. The molecule has 0 unspecified atom stereocenters. The van der Waals surface area contributed by atoms with Gasteiger partial charge in [-0.3, -0.25) is 9.59 Å². The molecule has 3 aromatic rings. The van der Waals surface area contributed by atoms with Gasteiger partial charge in [0.15, 0.2) is 0 Å². The van der Waals surface area contributed by atoms with Gasteiger partial charge in [0.05, 0.1) is 11.0 Å². The molecule has 2 aromatic heterocycles. The van der Waals surface area contributed by atoms with Crippen LogP contribution in [0.25, 0.3) is 11.0 Å². The Morgan fingerprint density at radius 3 is 2.66 bits per heavy atom. The van der Waals surface area contributed by atoms with Gasteiger partial charge < -0.3 is 15.6 Å². The molecule has 1 aromatic carbocycles. The van der Waals surface area contributed by atoms with Gasteiger partial charge in [-0.1, -0.05) is 39.2 Å². The number of nitrogens with zero attached hydrogens (tertiary/aromatic N) is 2. The number of carbonyl (C=O) groups excluding carboxylic acids is 2. The van der Waals surface area contributed by atoms with Crippen molar-refractivity contribution in [1.82, 2.24) is 14.9 Å². The van der Waals surface area contributed by atoms with Crippen molar-refractivity contribution in [3.63, 3.8) is 0 Å². The molecule has 2 amide bonds. The largest absolute Gasteiger partial charge is 0.368 e. The van der Waals surface area contributed by atoms with Crippen LogP contribution in [0.5, 0.6) is 0 Å². The van der Waals surface area contributed by atoms with Crippen molar-refractivity contribution in [2.75, 3.05) is 0 Å². The van der Waals surface area contributed by atoms with Crippen molar-refractivity contribution in [3.05, 3.63) is 52.0 Å². The van der Waals surface area contributed by atoms with E-state index in [1.807, 2.05) is 32.0 Å². The minimum Gasteiger partial charge on any atom is -0.368 e. The van der Waals surface area contributed by atoms with Crippen molar-refractivity contribution >= 4 is 34.2 Å². The minimum atomic E-state index is -0.674. The highest BCUT2D eigenvalue weighted by Crippen LogP contribution is 2.33. The van der Waals surface area contributed by atoms with E-state index in [9.17, 15) is 9.59 Å². The summed E-state index contributed by atoms with van der Waals surface area (Å²) in [5.74, 6) is 0.513. The molecule has 1 aliphatic carbocycles. The van der Waals surface area contributed by atoms with Crippen LogP contribution in [0.15, 0.2) is 35.7 Å². The first-order chi connectivity index (χ1) is 15.4. The van der Waals surface area contributed by atoms with Gasteiger partial charge in [-0.05, 0) is 54.8 Å². The number of thiophene rings is 1. The van der Waals surface area contributed by atoms with Gasteiger partial charge in [-0.2, -0.15) is 0 Å². The standard InChI is InChI=1S/C25H32N4O2S/c1-16(2)13-21(24(26)30)28-25(31)17-10-11-22-20(14-17)27-23(15-19-9-6-12-32-19)29(22)18-7-4-3-5-8-18/h6,9-12,14,16,18,21H,3-5,7-8,13,15H2,1-2H3,(H2,26,30)(H,28,31)/t21-/m0/s1. The molecule has 1 aliphatic rings. The van der Waals surface area contributed by atoms with Crippen LogP contribution in [-0.2, 0) is 11.2 Å². The van der Waals surface area contributed by atoms with E-state index in [-0.39, 0.29) is 11.8 Å². The molecule has 0 radical (unpaired) electrons. The van der Waals surface area contributed by atoms with E-state index in [1.54, 1.807) is 11.3 Å². The molecule has 1 saturated carbocycles. The summed E-state index contributed by atoms with van der Waals surface area (Å²) in [6.45, 7) is 4.00. The molecular formula is C25H32N4O2S. The first-order valence-corrected chi connectivity index (χ1v) is 12.4. The van der Waals surface area contributed by atoms with Gasteiger partial charge in [0, 0.05) is 22.9 Å². The van der Waals surface area contributed by atoms with Crippen molar-refractivity contribution in [2.24, 2.45) is 11.7 Å². The summed E-state index contributed by atoms with van der Waals surface area (Å²) in [6, 6.07) is 9.68. The summed E-state index contributed by atoms with van der Waals surface area (Å²) in [7, 11) is 0. The second-order valence-corrected chi connectivity index (χ2v) is 10.2. The summed E-state index contributed by atoms with van der Waals surface area (Å²) >= 11 is 1.74. The first kappa shape index (κ1) is 22.5. The van der Waals surface area contributed by atoms with E-state index in [1.165, 1.54) is 37.0 Å². The number of nitrogens with one attached hydrogen (secondary N) is 1. The van der Waals surface area contributed by atoms with Gasteiger partial charge in [0.2, 0.25) is 5.91 Å². The maximum atomic E-state index is 12.9. The van der Waals surface area contributed by atoms with Crippen LogP contribution in [0, 0.1) is 5.92 Å². The van der Waals surface area contributed by atoms with E-state index < -0.39 is 11.9 Å². The van der Waals surface area contributed by atoms with E-state index in [0.29, 0.717) is 18.0 Å². The molecule has 170 valence electrons. The maximum absolute atomic E-state index is 12.9. The number of amides is 2. The summed E-state index contributed by atoms with van der Waals surface area (Å²) < 4.78 is 2.40. The van der Waals surface area contributed by atoms with E-state index in [4.69, 9.17) is 10.7 Å². The van der Waals surface area contributed by atoms with Gasteiger partial charge in [0.25, 0.3) is 5.91 Å². The van der Waals surface area contributed by atoms with Gasteiger partial charge in [-0.15, -0.1) is 11.3 Å². The number of rotatable bonds is 8. The highest BCUT2D eigenvalue weighted by molar-refractivity contribution is 7.09. The number of primary amides is 1. The lowest BCUT2D eigenvalue weighted by Gasteiger charge is -2.25. The molecule has 1 fully saturated rings. The second-order valence-electron chi connectivity index (χ2n) is 9.21. The molecule has 32 heavy (non-hydrogen) atoms. The lowest BCUT2D eigenvalue weighted by molar-refractivity contribution is -0.120. The lowest BCUT2D eigenvalue weighted by Crippen LogP contribution is -2.45. The third-order valence-electron chi connectivity index (χ3n) is 6.23. The van der Waals surface area contributed by atoms with Crippen LogP contribution in [0.4, 0.5) is 0 Å². The number of nitrogens with two attached hydrogens (primary N) is 1. The summed E-state index contributed by atoms with van der Waals surface area (Å²) in [5, 5.41) is 4.90. The third-order valence-corrected chi connectivity index (χ3v) is 7.11. The summed E-state index contributed by atoms with van der Waals surface area (Å²) in [5.41, 5.74) is 7.91. The number of fused-ring (bicyclic) bond motifs is 1. The fraction of sp³-hybridized carbons (Fsp3) is 0.480. The molecule has 0 aliphatic heterocycles. The topological polar surface area (TPSA) is 90.0 Å². The molecule has 4 rings (SSSR count). The van der Waals surface area contributed by atoms with Crippen LogP contribution < -0.4 is 11.1 Å². The highest BCUT2D eigenvalue weighted by atomic mass is 32.1. The normalized spacial score (nSPS) is 15.8. The zero-order chi connectivity index (χ0) is 22.7. The third kappa shape index (κ3) is 5.04. The van der Waals surface area contributed by atoms with Crippen molar-refractivity contribution < 1.29 is 9.59 Å². The highest BCUT2D eigenvalue weighted by Gasteiger charge is 2.24. The Hall–Kier alpha value is -2.67.